The first-order valence-electron chi connectivity index (χ1n) is 9.67. The third kappa shape index (κ3) is 3.59. The number of halogens is 1. The molecule has 0 N–H and O–H groups in total. The number of benzene rings is 2. The van der Waals surface area contributed by atoms with Gasteiger partial charge in [-0.25, -0.2) is 0 Å². The minimum atomic E-state index is -0.264. The first-order chi connectivity index (χ1) is 12.7. The molecule has 1 fully saturated rings. The van der Waals surface area contributed by atoms with Gasteiger partial charge in [-0.2, -0.15) is 0 Å². The number of quaternary nitrogens is 1. The van der Waals surface area contributed by atoms with Gasteiger partial charge < -0.3 is 38.1 Å². The van der Waals surface area contributed by atoms with E-state index in [1.165, 1.54) is 0 Å². The summed E-state index contributed by atoms with van der Waals surface area (Å²) in [5, 5.41) is 0. The summed E-state index contributed by atoms with van der Waals surface area (Å²) in [6, 6.07) is 15.9. The van der Waals surface area contributed by atoms with E-state index in [0.29, 0.717) is 0 Å². The zero-order valence-electron chi connectivity index (χ0n) is 16.0. The molecule has 0 aromatic heterocycles. The Kier molecular flexibility index (Phi) is 6.11. The van der Waals surface area contributed by atoms with Crippen molar-refractivity contribution in [2.24, 2.45) is 0 Å². The van der Waals surface area contributed by atoms with Crippen molar-refractivity contribution in [3.05, 3.63) is 59.7 Å². The number of fused-ring (bicyclic) bond motifs is 2. The highest BCUT2D eigenvalue weighted by Gasteiger charge is 2.38. The SMILES string of the molecule is CC[N+]1(CC)CCN(C(=O)C2c3ccccc3Oc3ccccc32)CC1.[I-]. The Morgan fingerprint density at radius 2 is 1.44 bits per heavy atom. The van der Waals surface area contributed by atoms with Gasteiger partial charge in [-0.1, -0.05) is 36.4 Å². The molecule has 5 heteroatoms. The zero-order chi connectivity index (χ0) is 18.1. The number of likely N-dealkylation sites (N-methyl/N-ethyl adjacent to an activating group) is 1. The Balaban J connectivity index is 0.00000210. The number of ether oxygens (including phenoxy) is 1. The topological polar surface area (TPSA) is 29.5 Å². The quantitative estimate of drug-likeness (QED) is 0.479. The third-order valence-corrected chi connectivity index (χ3v) is 6.27. The molecule has 1 amide bonds. The van der Waals surface area contributed by atoms with Crippen molar-refractivity contribution >= 4 is 5.91 Å². The minimum Gasteiger partial charge on any atom is -1.00 e. The van der Waals surface area contributed by atoms with Crippen molar-refractivity contribution in [3.8, 4) is 11.5 Å². The second kappa shape index (κ2) is 8.19. The van der Waals surface area contributed by atoms with E-state index in [1.54, 1.807) is 0 Å². The van der Waals surface area contributed by atoms with E-state index >= 15 is 0 Å². The molecule has 0 radical (unpaired) electrons. The van der Waals surface area contributed by atoms with E-state index < -0.39 is 0 Å². The summed E-state index contributed by atoms with van der Waals surface area (Å²) in [4.78, 5) is 15.6. The third-order valence-electron chi connectivity index (χ3n) is 6.27. The van der Waals surface area contributed by atoms with Crippen LogP contribution in [0, 0.1) is 0 Å². The molecule has 2 aromatic rings. The van der Waals surface area contributed by atoms with Crippen molar-refractivity contribution in [1.82, 2.24) is 4.90 Å². The number of hydrogen-bond donors (Lipinski definition) is 0. The average molecular weight is 478 g/mol. The summed E-state index contributed by atoms with van der Waals surface area (Å²) < 4.78 is 7.16. The molecule has 4 rings (SSSR count). The highest BCUT2D eigenvalue weighted by molar-refractivity contribution is 5.89. The second-order valence-electron chi connectivity index (χ2n) is 7.36. The summed E-state index contributed by atoms with van der Waals surface area (Å²) >= 11 is 0. The fourth-order valence-electron chi connectivity index (χ4n) is 4.32. The molecule has 27 heavy (non-hydrogen) atoms. The average Bonchev–Trinajstić information content (AvgIpc) is 2.71. The molecular formula is C22H27IN2O2. The molecule has 2 aromatic carbocycles. The largest absolute Gasteiger partial charge is 1.00 e. The maximum atomic E-state index is 13.5. The fourth-order valence-corrected chi connectivity index (χ4v) is 4.32. The van der Waals surface area contributed by atoms with Crippen molar-refractivity contribution < 1.29 is 38.0 Å². The highest BCUT2D eigenvalue weighted by atomic mass is 127. The molecule has 0 saturated carbocycles. The van der Waals surface area contributed by atoms with Crippen LogP contribution in [0.25, 0.3) is 0 Å². The van der Waals surface area contributed by atoms with Crippen LogP contribution in [0.1, 0.15) is 30.9 Å². The van der Waals surface area contributed by atoms with E-state index in [2.05, 4.69) is 18.7 Å². The summed E-state index contributed by atoms with van der Waals surface area (Å²) in [6.45, 7) is 10.6. The van der Waals surface area contributed by atoms with Crippen LogP contribution in [-0.4, -0.2) is 54.6 Å². The van der Waals surface area contributed by atoms with Gasteiger partial charge in [0.2, 0.25) is 5.91 Å². The second-order valence-corrected chi connectivity index (χ2v) is 7.36. The molecule has 144 valence electrons. The Labute approximate surface area is 178 Å². The number of nitrogens with zero attached hydrogens (tertiary/aromatic N) is 2. The summed E-state index contributed by atoms with van der Waals surface area (Å²) in [5.41, 5.74) is 1.96. The highest BCUT2D eigenvalue weighted by Crippen LogP contribution is 2.44. The number of amides is 1. The minimum absolute atomic E-state index is 0. The van der Waals surface area contributed by atoms with E-state index in [9.17, 15) is 4.79 Å². The fraction of sp³-hybridized carbons (Fsp3) is 0.409. The van der Waals surface area contributed by atoms with Crippen molar-refractivity contribution in [3.63, 3.8) is 0 Å². The van der Waals surface area contributed by atoms with Gasteiger partial charge in [0.25, 0.3) is 0 Å². The summed E-state index contributed by atoms with van der Waals surface area (Å²) in [5.74, 6) is 1.54. The lowest BCUT2D eigenvalue weighted by atomic mass is 9.86. The summed E-state index contributed by atoms with van der Waals surface area (Å²) in [7, 11) is 0. The molecule has 2 heterocycles. The molecule has 0 aliphatic carbocycles. The first-order valence-corrected chi connectivity index (χ1v) is 9.67. The van der Waals surface area contributed by atoms with Gasteiger partial charge >= 0.3 is 0 Å². The van der Waals surface area contributed by atoms with E-state index in [4.69, 9.17) is 4.74 Å². The molecular weight excluding hydrogens is 451 g/mol. The molecule has 0 bridgehead atoms. The lowest BCUT2D eigenvalue weighted by Gasteiger charge is -2.44. The van der Waals surface area contributed by atoms with Gasteiger partial charge in [0.05, 0.1) is 45.2 Å². The molecule has 0 unspecified atom stereocenters. The van der Waals surface area contributed by atoms with Crippen LogP contribution in [0.5, 0.6) is 11.5 Å². The molecule has 4 nitrogen and oxygen atoms in total. The van der Waals surface area contributed by atoms with Crippen LogP contribution in [0.4, 0.5) is 0 Å². The van der Waals surface area contributed by atoms with Crippen LogP contribution < -0.4 is 28.7 Å². The van der Waals surface area contributed by atoms with Crippen molar-refractivity contribution in [1.29, 1.82) is 0 Å². The number of para-hydroxylation sites is 2. The first kappa shape index (κ1) is 20.1. The van der Waals surface area contributed by atoms with Gasteiger partial charge in [-0.3, -0.25) is 4.79 Å². The Morgan fingerprint density at radius 1 is 0.963 bits per heavy atom. The van der Waals surface area contributed by atoms with Crippen molar-refractivity contribution in [2.45, 2.75) is 19.8 Å². The number of piperazine rings is 1. The summed E-state index contributed by atoms with van der Waals surface area (Å²) in [6.07, 6.45) is 0. The van der Waals surface area contributed by atoms with E-state index in [-0.39, 0.29) is 35.8 Å². The Morgan fingerprint density at radius 3 is 1.93 bits per heavy atom. The number of carbonyl (C=O) groups is 1. The van der Waals surface area contributed by atoms with E-state index in [1.807, 2.05) is 48.5 Å². The lowest BCUT2D eigenvalue weighted by molar-refractivity contribution is -0.928. The number of hydrogen-bond acceptors (Lipinski definition) is 2. The molecule has 2 aliphatic rings. The molecule has 0 spiro atoms. The van der Waals surface area contributed by atoms with Gasteiger partial charge in [0, 0.05) is 11.1 Å². The predicted octanol–water partition coefficient (Wildman–Crippen LogP) is 0.627. The Hall–Kier alpha value is -1.60. The maximum absolute atomic E-state index is 13.5. The van der Waals surface area contributed by atoms with Crippen molar-refractivity contribution in [2.75, 3.05) is 39.3 Å². The van der Waals surface area contributed by atoms with Crippen LogP contribution in [0.3, 0.4) is 0 Å². The monoisotopic (exact) mass is 478 g/mol. The number of rotatable bonds is 3. The zero-order valence-corrected chi connectivity index (χ0v) is 18.2. The van der Waals surface area contributed by atoms with Gasteiger partial charge in [-0.05, 0) is 26.0 Å². The standard InChI is InChI=1S/C22H27N2O2.HI/c1-3-24(4-2)15-13-23(14-16-24)22(25)21-17-9-5-7-11-19(17)26-20-12-8-6-10-18(20)21;/h5-12,21H,3-4,13-16H2,1-2H3;1H/q+1;/p-1. The molecule has 0 atom stereocenters. The molecule has 2 aliphatic heterocycles. The smallest absolute Gasteiger partial charge is 0.235 e. The van der Waals surface area contributed by atoms with Crippen LogP contribution in [0.15, 0.2) is 48.5 Å². The number of carbonyl (C=O) groups excluding carboxylic acids is 1. The molecule has 1 saturated heterocycles. The van der Waals surface area contributed by atoms with Crippen LogP contribution in [0.2, 0.25) is 0 Å². The Bertz CT molecular complexity index is 764. The van der Waals surface area contributed by atoms with Crippen LogP contribution in [-0.2, 0) is 4.79 Å². The van der Waals surface area contributed by atoms with Gasteiger partial charge in [0.1, 0.15) is 11.5 Å². The van der Waals surface area contributed by atoms with E-state index in [0.717, 1.165) is 66.4 Å². The van der Waals surface area contributed by atoms with Crippen LogP contribution >= 0.6 is 0 Å². The predicted molar refractivity (Wildman–Crippen MR) is 102 cm³/mol. The maximum Gasteiger partial charge on any atom is 0.235 e. The normalized spacial score (nSPS) is 17.9. The van der Waals surface area contributed by atoms with Gasteiger partial charge in [-0.15, -0.1) is 0 Å². The lowest BCUT2D eigenvalue weighted by Crippen LogP contribution is -3.00. The van der Waals surface area contributed by atoms with Gasteiger partial charge in [0.15, 0.2) is 0 Å².